The molecule has 74 valence electrons. The normalized spacial score (nSPS) is 7.08. The minimum Gasteiger partial charge on any atom is -0.245 e. The van der Waals surface area contributed by atoms with E-state index in [9.17, 15) is 0 Å². The lowest BCUT2D eigenvalue weighted by molar-refractivity contribution is 1.38. The molecule has 0 fully saturated rings. The summed E-state index contributed by atoms with van der Waals surface area (Å²) in [4.78, 5) is 5.12. The van der Waals surface area contributed by atoms with Crippen molar-refractivity contribution in [2.45, 2.75) is 27.7 Å². The molecule has 1 heterocycles. The summed E-state index contributed by atoms with van der Waals surface area (Å²) in [6.45, 7) is 15.2. The summed E-state index contributed by atoms with van der Waals surface area (Å²) in [5.74, 6) is 0. The van der Waals surface area contributed by atoms with Gasteiger partial charge in [-0.1, -0.05) is 40.9 Å². The van der Waals surface area contributed by atoms with Gasteiger partial charge in [0, 0.05) is 0 Å². The third-order valence-electron chi connectivity index (χ3n) is 1.00. The molecule has 0 unspecified atom stereocenters. The van der Waals surface area contributed by atoms with Crippen LogP contribution in [0.2, 0.25) is 0 Å². The van der Waals surface area contributed by atoms with Crippen LogP contribution < -0.4 is 0 Å². The van der Waals surface area contributed by atoms with Crippen LogP contribution in [0.1, 0.15) is 38.3 Å². The smallest absolute Gasteiger partial charge is 0.0805 e. The van der Waals surface area contributed by atoms with Crippen LogP contribution in [0.3, 0.4) is 0 Å². The van der Waals surface area contributed by atoms with Gasteiger partial charge in [0.2, 0.25) is 0 Å². The van der Waals surface area contributed by atoms with Crippen LogP contribution in [0.15, 0.2) is 18.7 Å². The minimum absolute atomic E-state index is 0.926. The third kappa shape index (κ3) is 5.36. The van der Waals surface area contributed by atoms with Crippen molar-refractivity contribution >= 4 is 23.5 Å². The van der Waals surface area contributed by atoms with Gasteiger partial charge in [-0.3, -0.25) is 0 Å². The van der Waals surface area contributed by atoms with E-state index in [1.54, 1.807) is 29.0 Å². The second-order valence-electron chi connectivity index (χ2n) is 1.51. The van der Waals surface area contributed by atoms with Crippen LogP contribution in [-0.2, 0) is 0 Å². The Hall–Kier alpha value is -0.890. The molecular weight excluding hydrogens is 178 g/mol. The maximum absolute atomic E-state index is 4.03. The quantitative estimate of drug-likeness (QED) is 0.681. The molecule has 0 N–H and O–H groups in total. The fourth-order valence-corrected chi connectivity index (χ4v) is 1.20. The minimum atomic E-state index is 0.926. The van der Waals surface area contributed by atoms with Crippen molar-refractivity contribution in [3.8, 4) is 0 Å². The number of aromatic nitrogens is 1. The standard InChI is InChI=1S/C7H7NS.2C2H6/c1-3-6-7(4-2)9-5-8-6;2*1-2/h3-5H,1-2H2;2*1-2H3. The Morgan fingerprint density at radius 1 is 1.15 bits per heavy atom. The lowest BCUT2D eigenvalue weighted by atomic mass is 10.3. The molecule has 13 heavy (non-hydrogen) atoms. The van der Waals surface area contributed by atoms with E-state index in [4.69, 9.17) is 0 Å². The largest absolute Gasteiger partial charge is 0.245 e. The van der Waals surface area contributed by atoms with E-state index in [2.05, 4.69) is 18.1 Å². The van der Waals surface area contributed by atoms with Gasteiger partial charge in [0.15, 0.2) is 0 Å². The topological polar surface area (TPSA) is 12.9 Å². The maximum Gasteiger partial charge on any atom is 0.0805 e. The Kier molecular flexibility index (Phi) is 12.5. The van der Waals surface area contributed by atoms with Crippen LogP contribution in [0.5, 0.6) is 0 Å². The van der Waals surface area contributed by atoms with Crippen molar-refractivity contribution in [3.63, 3.8) is 0 Å². The van der Waals surface area contributed by atoms with Crippen LogP contribution in [0.25, 0.3) is 12.2 Å². The second-order valence-corrected chi connectivity index (χ2v) is 2.40. The predicted octanol–water partition coefficient (Wildman–Crippen LogP) is 4.48. The maximum atomic E-state index is 4.03. The Bertz CT molecular complexity index is 203. The van der Waals surface area contributed by atoms with Crippen molar-refractivity contribution in [1.82, 2.24) is 4.98 Å². The lowest BCUT2D eigenvalue weighted by Gasteiger charge is -1.83. The Labute approximate surface area is 85.8 Å². The number of thiazole rings is 1. The van der Waals surface area contributed by atoms with Gasteiger partial charge < -0.3 is 0 Å². The zero-order valence-corrected chi connectivity index (χ0v) is 9.82. The fraction of sp³-hybridized carbons (Fsp3) is 0.364. The van der Waals surface area contributed by atoms with Crippen LogP contribution in [0.4, 0.5) is 0 Å². The average molecular weight is 197 g/mol. The third-order valence-corrected chi connectivity index (χ3v) is 1.84. The van der Waals surface area contributed by atoms with Gasteiger partial charge in [0.05, 0.1) is 16.1 Å². The molecule has 0 saturated carbocycles. The highest BCUT2D eigenvalue weighted by Crippen LogP contribution is 2.14. The molecule has 0 bridgehead atoms. The Morgan fingerprint density at radius 3 is 2.00 bits per heavy atom. The first-order chi connectivity index (χ1) is 6.38. The monoisotopic (exact) mass is 197 g/mol. The predicted molar refractivity (Wildman–Crippen MR) is 65.0 cm³/mol. The highest BCUT2D eigenvalue weighted by atomic mass is 32.1. The van der Waals surface area contributed by atoms with Gasteiger partial charge in [-0.05, 0) is 12.2 Å². The Morgan fingerprint density at radius 2 is 1.69 bits per heavy atom. The van der Waals surface area contributed by atoms with Crippen molar-refractivity contribution in [3.05, 3.63) is 29.2 Å². The zero-order valence-electron chi connectivity index (χ0n) is 9.00. The molecule has 1 nitrogen and oxygen atoms in total. The molecule has 0 aliphatic heterocycles. The molecule has 0 aliphatic rings. The van der Waals surface area contributed by atoms with Crippen molar-refractivity contribution < 1.29 is 0 Å². The van der Waals surface area contributed by atoms with Crippen LogP contribution in [-0.4, -0.2) is 4.98 Å². The Balaban J connectivity index is 0. The summed E-state index contributed by atoms with van der Waals surface area (Å²) in [5, 5.41) is 0. The summed E-state index contributed by atoms with van der Waals surface area (Å²) < 4.78 is 0. The molecule has 0 radical (unpaired) electrons. The van der Waals surface area contributed by atoms with E-state index in [0.29, 0.717) is 0 Å². The van der Waals surface area contributed by atoms with Crippen LogP contribution >= 0.6 is 11.3 Å². The summed E-state index contributed by atoms with van der Waals surface area (Å²) >= 11 is 1.57. The average Bonchev–Trinajstić information content (AvgIpc) is 2.70. The molecule has 2 heteroatoms. The summed E-state index contributed by atoms with van der Waals surface area (Å²) in [7, 11) is 0. The first-order valence-electron chi connectivity index (χ1n) is 4.57. The second kappa shape index (κ2) is 11.1. The molecule has 0 spiro atoms. The van der Waals surface area contributed by atoms with E-state index < -0.39 is 0 Å². The van der Waals surface area contributed by atoms with E-state index in [1.165, 1.54) is 0 Å². The first-order valence-corrected chi connectivity index (χ1v) is 5.45. The first kappa shape index (κ1) is 14.6. The van der Waals surface area contributed by atoms with Crippen molar-refractivity contribution in [2.24, 2.45) is 0 Å². The van der Waals surface area contributed by atoms with Crippen molar-refractivity contribution in [2.75, 3.05) is 0 Å². The number of rotatable bonds is 2. The number of hydrogen-bond acceptors (Lipinski definition) is 2. The molecule has 1 aromatic heterocycles. The van der Waals surface area contributed by atoms with Gasteiger partial charge >= 0.3 is 0 Å². The molecule has 0 saturated heterocycles. The van der Waals surface area contributed by atoms with E-state index in [1.807, 2.05) is 27.7 Å². The van der Waals surface area contributed by atoms with Gasteiger partial charge in [-0.2, -0.15) is 0 Å². The molecule has 1 rings (SSSR count). The summed E-state index contributed by atoms with van der Waals surface area (Å²) in [6.07, 6.45) is 3.52. The zero-order chi connectivity index (χ0) is 10.7. The highest BCUT2D eigenvalue weighted by molar-refractivity contribution is 7.10. The summed E-state index contributed by atoms with van der Waals surface area (Å²) in [5.41, 5.74) is 2.71. The van der Waals surface area contributed by atoms with E-state index in [0.717, 1.165) is 10.6 Å². The fourth-order valence-electron chi connectivity index (χ4n) is 0.570. The molecular formula is C11H19NS. The molecule has 0 aliphatic carbocycles. The highest BCUT2D eigenvalue weighted by Gasteiger charge is 1.94. The number of hydrogen-bond donors (Lipinski definition) is 0. The molecule has 0 amide bonds. The van der Waals surface area contributed by atoms with Gasteiger partial charge in [0.1, 0.15) is 0 Å². The summed E-state index contributed by atoms with van der Waals surface area (Å²) in [6, 6.07) is 0. The molecule has 0 atom stereocenters. The van der Waals surface area contributed by atoms with Crippen LogP contribution in [0, 0.1) is 0 Å². The molecule has 0 aromatic carbocycles. The van der Waals surface area contributed by atoms with Gasteiger partial charge in [-0.25, -0.2) is 4.98 Å². The lowest BCUT2D eigenvalue weighted by Crippen LogP contribution is -1.70. The van der Waals surface area contributed by atoms with Crippen molar-refractivity contribution in [1.29, 1.82) is 0 Å². The van der Waals surface area contributed by atoms with Gasteiger partial charge in [0.25, 0.3) is 0 Å². The SMILES string of the molecule is C=Cc1ncsc1C=C.CC.CC. The van der Waals surface area contributed by atoms with Gasteiger partial charge in [-0.15, -0.1) is 11.3 Å². The van der Waals surface area contributed by atoms with E-state index >= 15 is 0 Å². The number of nitrogens with zero attached hydrogens (tertiary/aromatic N) is 1. The molecule has 1 aromatic rings. The van der Waals surface area contributed by atoms with E-state index in [-0.39, 0.29) is 0 Å².